The van der Waals surface area contributed by atoms with E-state index < -0.39 is 10.1 Å². The van der Waals surface area contributed by atoms with Gasteiger partial charge in [0, 0.05) is 0 Å². The fourth-order valence-electron chi connectivity index (χ4n) is 3.50. The summed E-state index contributed by atoms with van der Waals surface area (Å²) in [5.74, 6) is 0.169. The lowest BCUT2D eigenvalue weighted by molar-refractivity contribution is -0.870. The molecule has 0 radical (unpaired) electrons. The second kappa shape index (κ2) is 18.6. The maximum absolute atomic E-state index is 11.8. The van der Waals surface area contributed by atoms with Gasteiger partial charge in [-0.3, -0.25) is 4.18 Å². The molecule has 0 spiro atoms. The number of likely N-dealkylation sites (N-methyl/N-ethyl adjacent to an activating group) is 1. The molecule has 0 aliphatic rings. The zero-order valence-corrected chi connectivity index (χ0v) is 21.0. The van der Waals surface area contributed by atoms with Gasteiger partial charge in [-0.2, -0.15) is 8.42 Å². The first-order chi connectivity index (χ1) is 13.8. The minimum atomic E-state index is -3.33. The number of unbranched alkanes of at least 4 members (excludes halogenated alkanes) is 16. The number of quaternary nitrogens is 1. The van der Waals surface area contributed by atoms with Crippen LogP contribution in [-0.2, 0) is 14.3 Å². The molecule has 176 valence electrons. The molecule has 0 amide bonds. The number of rotatable bonds is 22. The first kappa shape index (κ1) is 28.9. The van der Waals surface area contributed by atoms with Crippen LogP contribution in [0.2, 0.25) is 0 Å². The maximum atomic E-state index is 11.8. The van der Waals surface area contributed by atoms with Crippen LogP contribution in [0.15, 0.2) is 0 Å². The van der Waals surface area contributed by atoms with Crippen LogP contribution < -0.4 is 0 Å². The van der Waals surface area contributed by atoms with Gasteiger partial charge in [-0.25, -0.2) is 0 Å². The summed E-state index contributed by atoms with van der Waals surface area (Å²) in [6.07, 6.45) is 22.2. The lowest BCUT2D eigenvalue weighted by atomic mass is 10.0. The van der Waals surface area contributed by atoms with Crippen LogP contribution in [0.25, 0.3) is 0 Å². The molecule has 0 saturated carbocycles. The molecule has 0 aromatic carbocycles. The summed E-state index contributed by atoms with van der Waals surface area (Å²) in [5, 5.41) is 0. The van der Waals surface area contributed by atoms with Crippen LogP contribution in [0, 0.1) is 0 Å². The highest BCUT2D eigenvalue weighted by Crippen LogP contribution is 2.14. The maximum Gasteiger partial charge on any atom is 0.267 e. The van der Waals surface area contributed by atoms with Crippen molar-refractivity contribution >= 4 is 10.1 Å². The first-order valence-electron chi connectivity index (χ1n) is 12.4. The van der Waals surface area contributed by atoms with Crippen molar-refractivity contribution in [3.63, 3.8) is 0 Å². The molecular weight excluding hydrogens is 382 g/mol. The average molecular weight is 435 g/mol. The van der Waals surface area contributed by atoms with E-state index in [2.05, 4.69) is 6.92 Å². The standard InChI is InChI=1S/C24H52NO3S/c1-5-6-7-8-9-10-11-12-13-14-15-16-17-18-19-20-21-24-29(26,27)28-23-22-25(2,3)4/h5-24H2,1-4H3/q+1. The van der Waals surface area contributed by atoms with Crippen LogP contribution >= 0.6 is 0 Å². The van der Waals surface area contributed by atoms with E-state index in [0.717, 1.165) is 19.3 Å². The predicted molar refractivity (Wildman–Crippen MR) is 127 cm³/mol. The van der Waals surface area contributed by atoms with E-state index in [1.807, 2.05) is 21.1 Å². The highest BCUT2D eigenvalue weighted by atomic mass is 32.2. The lowest BCUT2D eigenvalue weighted by Crippen LogP contribution is -2.38. The zero-order valence-electron chi connectivity index (χ0n) is 20.2. The molecule has 0 aromatic heterocycles. The summed E-state index contributed by atoms with van der Waals surface area (Å²) in [4.78, 5) is 0. The molecule has 0 unspecified atom stereocenters. The zero-order chi connectivity index (χ0) is 21.8. The summed E-state index contributed by atoms with van der Waals surface area (Å²) in [7, 11) is 2.77. The summed E-state index contributed by atoms with van der Waals surface area (Å²) in [6, 6.07) is 0. The van der Waals surface area contributed by atoms with Crippen LogP contribution in [-0.4, -0.2) is 52.9 Å². The first-order valence-corrected chi connectivity index (χ1v) is 14.0. The summed E-state index contributed by atoms with van der Waals surface area (Å²) in [6.45, 7) is 3.27. The van der Waals surface area contributed by atoms with E-state index in [1.165, 1.54) is 89.9 Å². The van der Waals surface area contributed by atoms with Gasteiger partial charge < -0.3 is 4.48 Å². The topological polar surface area (TPSA) is 43.4 Å². The van der Waals surface area contributed by atoms with Gasteiger partial charge in [-0.15, -0.1) is 0 Å². The Morgan fingerprint density at radius 1 is 0.586 bits per heavy atom. The van der Waals surface area contributed by atoms with Crippen LogP contribution in [0.4, 0.5) is 0 Å². The van der Waals surface area contributed by atoms with E-state index in [4.69, 9.17) is 4.18 Å². The molecule has 0 N–H and O–H groups in total. The minimum absolute atomic E-state index is 0.169. The number of hydrogen-bond acceptors (Lipinski definition) is 3. The molecule has 4 nitrogen and oxygen atoms in total. The molecule has 0 aliphatic carbocycles. The average Bonchev–Trinajstić information content (AvgIpc) is 2.63. The molecule has 0 bridgehead atoms. The molecule has 29 heavy (non-hydrogen) atoms. The van der Waals surface area contributed by atoms with Gasteiger partial charge in [-0.05, 0) is 6.42 Å². The van der Waals surface area contributed by atoms with Crippen molar-refractivity contribution in [3.8, 4) is 0 Å². The molecular formula is C24H52NO3S+. The van der Waals surface area contributed by atoms with Gasteiger partial charge in [-0.1, -0.05) is 110 Å². The smallest absolute Gasteiger partial charge is 0.267 e. The van der Waals surface area contributed by atoms with Gasteiger partial charge in [0.2, 0.25) is 0 Å². The normalized spacial score (nSPS) is 12.6. The van der Waals surface area contributed by atoms with Crippen molar-refractivity contribution in [2.75, 3.05) is 40.0 Å². The monoisotopic (exact) mass is 434 g/mol. The number of hydrogen-bond donors (Lipinski definition) is 0. The Morgan fingerprint density at radius 2 is 0.931 bits per heavy atom. The van der Waals surface area contributed by atoms with E-state index in [0.29, 0.717) is 11.0 Å². The molecule has 0 rings (SSSR count). The Labute approximate surface area is 183 Å². The van der Waals surface area contributed by atoms with Crippen molar-refractivity contribution in [1.82, 2.24) is 0 Å². The van der Waals surface area contributed by atoms with Crippen molar-refractivity contribution in [2.24, 2.45) is 0 Å². The quantitative estimate of drug-likeness (QED) is 0.108. The number of nitrogens with zero attached hydrogens (tertiary/aromatic N) is 1. The second-order valence-electron chi connectivity index (χ2n) is 9.75. The van der Waals surface area contributed by atoms with Gasteiger partial charge >= 0.3 is 0 Å². The van der Waals surface area contributed by atoms with E-state index >= 15 is 0 Å². The Balaban J connectivity index is 3.29. The summed E-state index contributed by atoms with van der Waals surface area (Å²) >= 11 is 0. The molecule has 0 aromatic rings. The van der Waals surface area contributed by atoms with Gasteiger partial charge in [0.15, 0.2) is 0 Å². The largest absolute Gasteiger partial charge is 0.329 e. The minimum Gasteiger partial charge on any atom is -0.329 e. The van der Waals surface area contributed by atoms with Crippen LogP contribution in [0.5, 0.6) is 0 Å². The predicted octanol–water partition coefficient (Wildman–Crippen LogP) is 6.69. The molecule has 0 heterocycles. The highest BCUT2D eigenvalue weighted by Gasteiger charge is 2.14. The van der Waals surface area contributed by atoms with Crippen molar-refractivity contribution in [2.45, 2.75) is 116 Å². The fraction of sp³-hybridized carbons (Fsp3) is 1.00. The Bertz CT molecular complexity index is 444. The van der Waals surface area contributed by atoms with Crippen molar-refractivity contribution in [1.29, 1.82) is 0 Å². The highest BCUT2D eigenvalue weighted by molar-refractivity contribution is 7.86. The molecule has 0 atom stereocenters. The fourth-order valence-corrected chi connectivity index (χ4v) is 4.50. The Kier molecular flexibility index (Phi) is 18.5. The molecule has 0 fully saturated rings. The van der Waals surface area contributed by atoms with E-state index in [1.54, 1.807) is 0 Å². The van der Waals surface area contributed by atoms with Gasteiger partial charge in [0.05, 0.1) is 26.9 Å². The van der Waals surface area contributed by atoms with Gasteiger partial charge in [0.25, 0.3) is 10.1 Å². The third-order valence-corrected chi connectivity index (χ3v) is 6.84. The molecule has 0 aliphatic heterocycles. The van der Waals surface area contributed by atoms with Crippen LogP contribution in [0.1, 0.15) is 116 Å². The van der Waals surface area contributed by atoms with Gasteiger partial charge in [0.1, 0.15) is 13.2 Å². The molecule has 5 heteroatoms. The summed E-state index contributed by atoms with van der Waals surface area (Å²) < 4.78 is 29.5. The van der Waals surface area contributed by atoms with Crippen LogP contribution in [0.3, 0.4) is 0 Å². The van der Waals surface area contributed by atoms with E-state index in [-0.39, 0.29) is 12.4 Å². The Hall–Kier alpha value is -0.130. The van der Waals surface area contributed by atoms with E-state index in [9.17, 15) is 8.42 Å². The Morgan fingerprint density at radius 3 is 1.28 bits per heavy atom. The third kappa shape index (κ3) is 24.0. The van der Waals surface area contributed by atoms with Crippen molar-refractivity contribution < 1.29 is 17.1 Å². The lowest BCUT2D eigenvalue weighted by Gasteiger charge is -2.23. The second-order valence-corrected chi connectivity index (χ2v) is 11.5. The summed E-state index contributed by atoms with van der Waals surface area (Å²) in [5.41, 5.74) is 0. The SMILES string of the molecule is CCCCCCCCCCCCCCCCCCCS(=O)(=O)OCC[N+](C)(C)C. The van der Waals surface area contributed by atoms with Crippen molar-refractivity contribution in [3.05, 3.63) is 0 Å². The third-order valence-electron chi connectivity index (χ3n) is 5.52. The molecule has 0 saturated heterocycles.